The van der Waals surface area contributed by atoms with Gasteiger partial charge in [0.15, 0.2) is 17.9 Å². The minimum absolute atomic E-state index is 0.552. The summed E-state index contributed by atoms with van der Waals surface area (Å²) in [4.78, 5) is 2.61. The van der Waals surface area contributed by atoms with E-state index in [1.165, 1.54) is 25.1 Å². The highest BCUT2D eigenvalue weighted by Gasteiger charge is 2.30. The smallest absolute Gasteiger partial charge is 0.195 e. The molecule has 0 amide bonds. The van der Waals surface area contributed by atoms with Crippen molar-refractivity contribution in [1.82, 2.24) is 20.9 Å². The second-order valence-corrected chi connectivity index (χ2v) is 6.40. The van der Waals surface area contributed by atoms with Gasteiger partial charge in [0.1, 0.15) is 0 Å². The lowest BCUT2D eigenvalue weighted by atomic mass is 10.1. The predicted octanol–water partition coefficient (Wildman–Crippen LogP) is -0.107. The molecule has 0 radical (unpaired) electrons. The highest BCUT2D eigenvalue weighted by Crippen LogP contribution is 2.13. The first-order valence-electron chi connectivity index (χ1n) is 8.77. The van der Waals surface area contributed by atoms with Crippen LogP contribution >= 0.6 is 0 Å². The van der Waals surface area contributed by atoms with E-state index >= 15 is 0 Å². The summed E-state index contributed by atoms with van der Waals surface area (Å²) in [5, 5.41) is 10.7. The summed E-state index contributed by atoms with van der Waals surface area (Å²) in [6.45, 7) is 9.97. The van der Waals surface area contributed by atoms with Gasteiger partial charge < -0.3 is 16.0 Å². The summed E-state index contributed by atoms with van der Waals surface area (Å²) in [7, 11) is 0. The molecule has 1 fully saturated rings. The molecule has 2 aliphatic heterocycles. The van der Waals surface area contributed by atoms with Crippen molar-refractivity contribution in [3.8, 4) is 0 Å². The number of fused-ring (bicyclic) bond motifs is 4. The lowest BCUT2D eigenvalue weighted by Gasteiger charge is -2.30. The van der Waals surface area contributed by atoms with Crippen LogP contribution in [0.5, 0.6) is 0 Å². The highest BCUT2D eigenvalue weighted by molar-refractivity contribution is 4.99. The van der Waals surface area contributed by atoms with Crippen molar-refractivity contribution in [2.75, 3.05) is 52.4 Å². The Kier molecular flexibility index (Phi) is 6.19. The molecule has 0 aromatic carbocycles. The Morgan fingerprint density at radius 1 is 0.955 bits per heavy atom. The quantitative estimate of drug-likeness (QED) is 0.586. The van der Waals surface area contributed by atoms with E-state index in [9.17, 15) is 0 Å². The van der Waals surface area contributed by atoms with E-state index in [-0.39, 0.29) is 0 Å². The molecule has 3 heterocycles. The number of nitrogens with zero attached hydrogens (tertiary/aromatic N) is 2. The van der Waals surface area contributed by atoms with Crippen molar-refractivity contribution in [3.63, 3.8) is 0 Å². The van der Waals surface area contributed by atoms with Crippen LogP contribution in [0, 0.1) is 0 Å². The molecular formula is C17H30N5+. The lowest BCUT2D eigenvalue weighted by molar-refractivity contribution is -0.735. The minimum Gasteiger partial charge on any atom is -0.315 e. The van der Waals surface area contributed by atoms with Crippen molar-refractivity contribution < 1.29 is 4.57 Å². The molecule has 1 aromatic heterocycles. The Morgan fingerprint density at radius 3 is 2.68 bits per heavy atom. The Balaban J connectivity index is 1.64. The van der Waals surface area contributed by atoms with Gasteiger partial charge in [0.05, 0.1) is 19.6 Å². The molecule has 2 atom stereocenters. The van der Waals surface area contributed by atoms with Crippen LogP contribution in [0.25, 0.3) is 0 Å². The Labute approximate surface area is 134 Å². The van der Waals surface area contributed by atoms with Gasteiger partial charge in [-0.15, -0.1) is 0 Å². The Bertz CT molecular complexity index is 450. The standard InChI is InChI=1S/C17H30N5/c1-2-12-22-16(5-1)14-21-11-4-8-19-10-9-18-6-3-7-20-13-17(22)15-21/h1-2,5,12,17-20H,3-4,6-11,13-15H2/q+1. The molecule has 5 heteroatoms. The summed E-state index contributed by atoms with van der Waals surface area (Å²) in [5.74, 6) is 0. The average Bonchev–Trinajstić information content (AvgIpc) is 2.55. The molecule has 5 nitrogen and oxygen atoms in total. The van der Waals surface area contributed by atoms with E-state index in [0.717, 1.165) is 52.4 Å². The second-order valence-electron chi connectivity index (χ2n) is 6.40. The normalized spacial score (nSPS) is 28.2. The summed E-state index contributed by atoms with van der Waals surface area (Å²) in [6, 6.07) is 7.14. The van der Waals surface area contributed by atoms with E-state index < -0.39 is 0 Å². The molecule has 122 valence electrons. The summed E-state index contributed by atoms with van der Waals surface area (Å²) >= 11 is 0. The van der Waals surface area contributed by atoms with Crippen LogP contribution in [-0.4, -0.2) is 57.3 Å². The fourth-order valence-corrected chi connectivity index (χ4v) is 3.46. The maximum Gasteiger partial charge on any atom is 0.195 e. The monoisotopic (exact) mass is 304 g/mol. The van der Waals surface area contributed by atoms with Gasteiger partial charge in [-0.2, -0.15) is 4.57 Å². The number of pyridine rings is 1. The molecule has 1 saturated heterocycles. The fraction of sp³-hybridized carbons (Fsp3) is 0.706. The molecular weight excluding hydrogens is 274 g/mol. The maximum absolute atomic E-state index is 3.65. The Morgan fingerprint density at radius 2 is 1.77 bits per heavy atom. The average molecular weight is 304 g/mol. The van der Waals surface area contributed by atoms with Crippen LogP contribution < -0.4 is 20.5 Å². The van der Waals surface area contributed by atoms with Gasteiger partial charge in [0, 0.05) is 31.8 Å². The number of hydrogen-bond acceptors (Lipinski definition) is 4. The first-order chi connectivity index (χ1) is 10.9. The van der Waals surface area contributed by atoms with Gasteiger partial charge in [-0.3, -0.25) is 4.90 Å². The van der Waals surface area contributed by atoms with E-state index in [1.807, 2.05) is 0 Å². The number of hydrogen-bond donors (Lipinski definition) is 3. The third-order valence-electron chi connectivity index (χ3n) is 4.62. The zero-order chi connectivity index (χ0) is 15.0. The van der Waals surface area contributed by atoms with Gasteiger partial charge in [-0.1, -0.05) is 6.07 Å². The molecule has 0 aliphatic carbocycles. The maximum atomic E-state index is 3.65. The van der Waals surface area contributed by atoms with Gasteiger partial charge in [-0.25, -0.2) is 0 Å². The molecule has 1 aromatic rings. The van der Waals surface area contributed by atoms with E-state index in [2.05, 4.69) is 49.8 Å². The van der Waals surface area contributed by atoms with Gasteiger partial charge in [0.25, 0.3) is 0 Å². The first kappa shape index (κ1) is 15.9. The van der Waals surface area contributed by atoms with Gasteiger partial charge >= 0.3 is 0 Å². The molecule has 2 bridgehead atoms. The van der Waals surface area contributed by atoms with Crippen LogP contribution in [0.2, 0.25) is 0 Å². The number of rotatable bonds is 0. The zero-order valence-electron chi connectivity index (χ0n) is 13.6. The van der Waals surface area contributed by atoms with Crippen LogP contribution in [0.1, 0.15) is 24.6 Å². The first-order valence-corrected chi connectivity index (χ1v) is 8.77. The molecule has 0 spiro atoms. The van der Waals surface area contributed by atoms with Crippen LogP contribution in [-0.2, 0) is 6.54 Å². The van der Waals surface area contributed by atoms with Crippen LogP contribution in [0.4, 0.5) is 0 Å². The molecule has 3 N–H and O–H groups in total. The van der Waals surface area contributed by atoms with Crippen molar-refractivity contribution in [3.05, 3.63) is 30.1 Å². The van der Waals surface area contributed by atoms with E-state index in [1.54, 1.807) is 0 Å². The SMILES string of the molecule is c1cc[n+]2c(c1)CN1CCCNCCNCCCNCC2C1. The molecule has 0 saturated carbocycles. The van der Waals surface area contributed by atoms with Crippen molar-refractivity contribution in [1.29, 1.82) is 0 Å². The lowest BCUT2D eigenvalue weighted by Crippen LogP contribution is -2.57. The van der Waals surface area contributed by atoms with Gasteiger partial charge in [-0.05, 0) is 32.5 Å². The largest absolute Gasteiger partial charge is 0.315 e. The van der Waals surface area contributed by atoms with Crippen molar-refractivity contribution in [2.45, 2.75) is 25.4 Å². The molecule has 22 heavy (non-hydrogen) atoms. The van der Waals surface area contributed by atoms with Crippen LogP contribution in [0.3, 0.4) is 0 Å². The summed E-state index contributed by atoms with van der Waals surface area (Å²) < 4.78 is 2.47. The number of aromatic nitrogens is 1. The van der Waals surface area contributed by atoms with E-state index in [0.29, 0.717) is 6.04 Å². The van der Waals surface area contributed by atoms with Gasteiger partial charge in [0.2, 0.25) is 0 Å². The minimum atomic E-state index is 0.552. The molecule has 2 aliphatic rings. The zero-order valence-corrected chi connectivity index (χ0v) is 13.6. The summed E-state index contributed by atoms with van der Waals surface area (Å²) in [5.41, 5.74) is 1.44. The third-order valence-corrected chi connectivity index (χ3v) is 4.62. The topological polar surface area (TPSA) is 43.2 Å². The highest BCUT2D eigenvalue weighted by atomic mass is 15.2. The Hall–Kier alpha value is -1.01. The van der Waals surface area contributed by atoms with Crippen LogP contribution in [0.15, 0.2) is 24.4 Å². The predicted molar refractivity (Wildman–Crippen MR) is 88.8 cm³/mol. The van der Waals surface area contributed by atoms with Crippen molar-refractivity contribution in [2.24, 2.45) is 0 Å². The summed E-state index contributed by atoms with van der Waals surface area (Å²) in [6.07, 6.45) is 4.67. The fourth-order valence-electron chi connectivity index (χ4n) is 3.46. The van der Waals surface area contributed by atoms with E-state index in [4.69, 9.17) is 0 Å². The molecule has 2 unspecified atom stereocenters. The molecule has 3 rings (SSSR count). The second kappa shape index (κ2) is 8.58. The number of nitrogens with one attached hydrogen (secondary N) is 3. The third kappa shape index (κ3) is 4.49. The van der Waals surface area contributed by atoms with Crippen molar-refractivity contribution >= 4 is 0 Å².